The molecule has 0 bridgehead atoms. The molecule has 4 heteroatoms. The van der Waals surface area contributed by atoms with Crippen LogP contribution in [0.4, 0.5) is 0 Å². The van der Waals surface area contributed by atoms with Crippen LogP contribution in [0.5, 0.6) is 0 Å². The summed E-state index contributed by atoms with van der Waals surface area (Å²) < 4.78 is 0. The van der Waals surface area contributed by atoms with E-state index in [9.17, 15) is 4.79 Å². The van der Waals surface area contributed by atoms with Gasteiger partial charge in [0.2, 0.25) is 5.91 Å². The number of hydrogen-bond acceptors (Lipinski definition) is 3. The summed E-state index contributed by atoms with van der Waals surface area (Å²) in [5.41, 5.74) is 5.31. The summed E-state index contributed by atoms with van der Waals surface area (Å²) in [4.78, 5) is 13.4. The molecule has 1 atom stereocenters. The highest BCUT2D eigenvalue weighted by Crippen LogP contribution is 2.02. The van der Waals surface area contributed by atoms with Gasteiger partial charge in [-0.1, -0.05) is 0 Å². The molecule has 1 unspecified atom stereocenters. The van der Waals surface area contributed by atoms with Crippen LogP contribution in [0, 0.1) is 0 Å². The van der Waals surface area contributed by atoms with Gasteiger partial charge >= 0.3 is 0 Å². The van der Waals surface area contributed by atoms with Crippen molar-refractivity contribution in [3.63, 3.8) is 0 Å². The Kier molecular flexibility index (Phi) is 5.08. The second-order valence-electron chi connectivity index (χ2n) is 4.78. The van der Waals surface area contributed by atoms with Crippen molar-refractivity contribution in [3.05, 3.63) is 0 Å². The van der Waals surface area contributed by atoms with Crippen LogP contribution in [0.25, 0.3) is 0 Å². The molecule has 3 N–H and O–H groups in total. The quantitative estimate of drug-likeness (QED) is 0.667. The molecule has 0 saturated heterocycles. The normalized spacial score (nSPS) is 14.2. The molecular formula is C10H23N3O. The zero-order valence-corrected chi connectivity index (χ0v) is 9.92. The van der Waals surface area contributed by atoms with E-state index in [1.54, 1.807) is 0 Å². The smallest absolute Gasteiger partial charge is 0.221 e. The fraction of sp³-hybridized carbons (Fsp3) is 0.900. The highest BCUT2D eigenvalue weighted by Gasteiger charge is 2.16. The van der Waals surface area contributed by atoms with E-state index in [0.717, 1.165) is 0 Å². The zero-order valence-electron chi connectivity index (χ0n) is 9.92. The number of nitrogens with two attached hydrogens (primary N) is 1. The predicted octanol–water partition coefficient (Wildman–Crippen LogP) is 0.180. The lowest BCUT2D eigenvalue weighted by atomic mass is 10.0. The van der Waals surface area contributed by atoms with Gasteiger partial charge in [-0.05, 0) is 34.9 Å². The van der Waals surface area contributed by atoms with Crippen molar-refractivity contribution in [2.24, 2.45) is 5.73 Å². The van der Waals surface area contributed by atoms with E-state index < -0.39 is 5.54 Å². The lowest BCUT2D eigenvalue weighted by Gasteiger charge is -2.22. The van der Waals surface area contributed by atoms with Crippen LogP contribution in [-0.4, -0.2) is 43.0 Å². The highest BCUT2D eigenvalue weighted by atomic mass is 16.1. The molecule has 0 aliphatic carbocycles. The third-order valence-corrected chi connectivity index (χ3v) is 2.09. The van der Waals surface area contributed by atoms with E-state index in [1.807, 2.05) is 27.9 Å². The van der Waals surface area contributed by atoms with Crippen LogP contribution in [-0.2, 0) is 4.79 Å². The lowest BCUT2D eigenvalue weighted by molar-refractivity contribution is -0.122. The van der Waals surface area contributed by atoms with Gasteiger partial charge in [-0.25, -0.2) is 0 Å². The van der Waals surface area contributed by atoms with Crippen molar-refractivity contribution in [1.29, 1.82) is 0 Å². The van der Waals surface area contributed by atoms with Crippen LogP contribution in [0.15, 0.2) is 0 Å². The summed E-state index contributed by atoms with van der Waals surface area (Å²) in [6, 6.07) is 0.347. The SMILES string of the molecule is CC(CNC(=O)CC(C)(C)N)N(C)C. The fourth-order valence-corrected chi connectivity index (χ4v) is 0.920. The van der Waals surface area contributed by atoms with Gasteiger partial charge in [-0.2, -0.15) is 0 Å². The Bertz CT molecular complexity index is 184. The highest BCUT2D eigenvalue weighted by molar-refractivity contribution is 5.77. The molecule has 0 radical (unpaired) electrons. The summed E-state index contributed by atoms with van der Waals surface area (Å²) in [5.74, 6) is 0.0196. The molecule has 0 aromatic rings. The topological polar surface area (TPSA) is 58.4 Å². The van der Waals surface area contributed by atoms with E-state index in [-0.39, 0.29) is 5.91 Å². The number of nitrogens with one attached hydrogen (secondary N) is 1. The van der Waals surface area contributed by atoms with Gasteiger partial charge in [0.25, 0.3) is 0 Å². The van der Waals surface area contributed by atoms with Gasteiger partial charge in [0.1, 0.15) is 0 Å². The van der Waals surface area contributed by atoms with Crippen LogP contribution >= 0.6 is 0 Å². The maximum atomic E-state index is 11.4. The lowest BCUT2D eigenvalue weighted by Crippen LogP contribution is -2.43. The Morgan fingerprint density at radius 1 is 1.50 bits per heavy atom. The molecular weight excluding hydrogens is 178 g/mol. The number of rotatable bonds is 5. The number of amides is 1. The molecule has 0 aromatic heterocycles. The van der Waals surface area contributed by atoms with Crippen molar-refractivity contribution in [3.8, 4) is 0 Å². The summed E-state index contributed by atoms with van der Waals surface area (Å²) in [6.07, 6.45) is 0.368. The largest absolute Gasteiger partial charge is 0.354 e. The third-order valence-electron chi connectivity index (χ3n) is 2.09. The molecule has 0 saturated carbocycles. The average molecular weight is 201 g/mol. The Morgan fingerprint density at radius 3 is 2.36 bits per heavy atom. The molecule has 1 amide bonds. The summed E-state index contributed by atoms with van der Waals surface area (Å²) in [6.45, 7) is 6.43. The Balaban J connectivity index is 3.75. The van der Waals surface area contributed by atoms with Crippen molar-refractivity contribution < 1.29 is 4.79 Å². The van der Waals surface area contributed by atoms with Crippen LogP contribution in [0.1, 0.15) is 27.2 Å². The molecule has 0 aliphatic rings. The number of hydrogen-bond donors (Lipinski definition) is 2. The first-order valence-electron chi connectivity index (χ1n) is 4.94. The number of likely N-dealkylation sites (N-methyl/N-ethyl adjacent to an activating group) is 1. The molecule has 14 heavy (non-hydrogen) atoms. The molecule has 0 heterocycles. The molecule has 4 nitrogen and oxygen atoms in total. The minimum atomic E-state index is -0.425. The van der Waals surface area contributed by atoms with Gasteiger partial charge < -0.3 is 16.0 Å². The molecule has 0 spiro atoms. The first-order valence-corrected chi connectivity index (χ1v) is 4.94. The maximum absolute atomic E-state index is 11.4. The van der Waals surface area contributed by atoms with E-state index in [0.29, 0.717) is 19.0 Å². The molecule has 0 fully saturated rings. The zero-order chi connectivity index (χ0) is 11.4. The fourth-order valence-electron chi connectivity index (χ4n) is 0.920. The van der Waals surface area contributed by atoms with E-state index >= 15 is 0 Å². The summed E-state index contributed by atoms with van der Waals surface area (Å²) >= 11 is 0. The monoisotopic (exact) mass is 201 g/mol. The van der Waals surface area contributed by atoms with Gasteiger partial charge in [-0.3, -0.25) is 4.79 Å². The van der Waals surface area contributed by atoms with Crippen LogP contribution in [0.2, 0.25) is 0 Å². The van der Waals surface area contributed by atoms with Gasteiger partial charge in [0, 0.05) is 24.5 Å². The average Bonchev–Trinajstić information content (AvgIpc) is 1.96. The van der Waals surface area contributed by atoms with E-state index in [4.69, 9.17) is 5.73 Å². The van der Waals surface area contributed by atoms with E-state index in [2.05, 4.69) is 17.1 Å². The second-order valence-corrected chi connectivity index (χ2v) is 4.78. The number of carbonyl (C=O) groups excluding carboxylic acids is 1. The minimum Gasteiger partial charge on any atom is -0.354 e. The van der Waals surface area contributed by atoms with Gasteiger partial charge in [0.05, 0.1) is 0 Å². The standard InChI is InChI=1S/C10H23N3O/c1-8(13(4)5)7-12-9(14)6-10(2,3)11/h8H,6-7,11H2,1-5H3,(H,12,14). The van der Waals surface area contributed by atoms with Gasteiger partial charge in [-0.15, -0.1) is 0 Å². The van der Waals surface area contributed by atoms with Crippen molar-refractivity contribution in [2.75, 3.05) is 20.6 Å². The molecule has 0 aliphatic heterocycles. The van der Waals surface area contributed by atoms with Crippen molar-refractivity contribution in [1.82, 2.24) is 10.2 Å². The molecule has 0 rings (SSSR count). The van der Waals surface area contributed by atoms with E-state index in [1.165, 1.54) is 0 Å². The van der Waals surface area contributed by atoms with Crippen molar-refractivity contribution >= 4 is 5.91 Å². The van der Waals surface area contributed by atoms with Gasteiger partial charge in [0.15, 0.2) is 0 Å². The molecule has 0 aromatic carbocycles. The maximum Gasteiger partial charge on any atom is 0.221 e. The number of carbonyl (C=O) groups is 1. The Morgan fingerprint density at radius 2 is 2.00 bits per heavy atom. The Labute approximate surface area is 86.8 Å². The minimum absolute atomic E-state index is 0.0196. The first kappa shape index (κ1) is 13.4. The van der Waals surface area contributed by atoms with Crippen molar-refractivity contribution in [2.45, 2.75) is 38.8 Å². The summed E-state index contributed by atoms with van der Waals surface area (Å²) in [5, 5.41) is 2.86. The molecule has 84 valence electrons. The first-order chi connectivity index (χ1) is 6.22. The third kappa shape index (κ3) is 6.86. The van der Waals surface area contributed by atoms with Crippen LogP contribution in [0.3, 0.4) is 0 Å². The second kappa shape index (κ2) is 5.32. The number of nitrogens with zero attached hydrogens (tertiary/aromatic N) is 1. The summed E-state index contributed by atoms with van der Waals surface area (Å²) in [7, 11) is 3.98. The van der Waals surface area contributed by atoms with Crippen LogP contribution < -0.4 is 11.1 Å². The predicted molar refractivity (Wildman–Crippen MR) is 59.0 cm³/mol. The Hall–Kier alpha value is -0.610.